The van der Waals surface area contributed by atoms with Gasteiger partial charge in [-0.3, -0.25) is 4.79 Å². The van der Waals surface area contributed by atoms with Gasteiger partial charge in [0.15, 0.2) is 0 Å². The number of aliphatic hydroxyl groups is 1. The molecular formula is C7H13NO3. The Balaban J connectivity index is 2.80. The summed E-state index contributed by atoms with van der Waals surface area (Å²) in [6.07, 6.45) is -0.317. The van der Waals surface area contributed by atoms with Crippen LogP contribution in [0, 0.1) is 0 Å². The maximum Gasteiger partial charge on any atom is 0.284 e. The van der Waals surface area contributed by atoms with Gasteiger partial charge >= 0.3 is 0 Å². The second-order valence-corrected chi connectivity index (χ2v) is 2.79. The molecule has 4 nitrogen and oxygen atoms in total. The molecule has 1 saturated heterocycles. The van der Waals surface area contributed by atoms with E-state index in [1.54, 1.807) is 6.92 Å². The van der Waals surface area contributed by atoms with E-state index in [9.17, 15) is 9.90 Å². The van der Waals surface area contributed by atoms with Crippen LogP contribution in [0.2, 0.25) is 0 Å². The molecule has 0 spiro atoms. The summed E-state index contributed by atoms with van der Waals surface area (Å²) < 4.78 is 5.00. The Morgan fingerprint density at radius 3 is 2.55 bits per heavy atom. The molecule has 1 N–H and O–H groups in total. The van der Waals surface area contributed by atoms with Gasteiger partial charge in [0, 0.05) is 6.54 Å². The van der Waals surface area contributed by atoms with E-state index < -0.39 is 5.79 Å². The molecule has 1 fully saturated rings. The third-order valence-electron chi connectivity index (χ3n) is 1.84. The summed E-state index contributed by atoms with van der Waals surface area (Å²) in [5.74, 6) is -1.97. The summed E-state index contributed by atoms with van der Waals surface area (Å²) in [6.45, 7) is 5.51. The number of hydrogen-bond acceptors (Lipinski definition) is 3. The number of rotatable bonds is 1. The molecule has 0 radical (unpaired) electrons. The third-order valence-corrected chi connectivity index (χ3v) is 1.84. The summed E-state index contributed by atoms with van der Waals surface area (Å²) in [6, 6.07) is 0. The van der Waals surface area contributed by atoms with Crippen molar-refractivity contribution in [2.75, 3.05) is 6.54 Å². The molecular weight excluding hydrogens is 146 g/mol. The van der Waals surface area contributed by atoms with Crippen LogP contribution in [0.4, 0.5) is 0 Å². The standard InChI is InChI=1S/C7H13NO3/c1-4-8-5(2)11-7(3,10)6(8)9/h5,10H,4H2,1-3H3/t5-,7+/m0/s1. The lowest BCUT2D eigenvalue weighted by molar-refractivity contribution is -0.183. The van der Waals surface area contributed by atoms with Gasteiger partial charge < -0.3 is 14.7 Å². The number of carbonyl (C=O) groups excluding carboxylic acids is 1. The van der Waals surface area contributed by atoms with Crippen molar-refractivity contribution in [2.24, 2.45) is 0 Å². The molecule has 1 amide bonds. The van der Waals surface area contributed by atoms with Crippen LogP contribution in [-0.4, -0.2) is 34.5 Å². The smallest absolute Gasteiger partial charge is 0.284 e. The Kier molecular flexibility index (Phi) is 1.90. The summed E-state index contributed by atoms with van der Waals surface area (Å²) in [4.78, 5) is 12.7. The Bertz CT molecular complexity index is 179. The van der Waals surface area contributed by atoms with Crippen molar-refractivity contribution in [2.45, 2.75) is 32.8 Å². The first-order valence-corrected chi connectivity index (χ1v) is 3.70. The third kappa shape index (κ3) is 1.23. The highest BCUT2D eigenvalue weighted by atomic mass is 16.7. The minimum Gasteiger partial charge on any atom is -0.358 e. The zero-order chi connectivity index (χ0) is 8.65. The predicted molar refractivity (Wildman–Crippen MR) is 38.6 cm³/mol. The molecule has 2 atom stereocenters. The Morgan fingerprint density at radius 2 is 2.36 bits per heavy atom. The van der Waals surface area contributed by atoms with Gasteiger partial charge in [0.25, 0.3) is 5.91 Å². The summed E-state index contributed by atoms with van der Waals surface area (Å²) in [7, 11) is 0. The van der Waals surface area contributed by atoms with Crippen molar-refractivity contribution in [3.8, 4) is 0 Å². The van der Waals surface area contributed by atoms with Crippen molar-refractivity contribution < 1.29 is 14.6 Å². The maximum atomic E-state index is 11.2. The average Bonchev–Trinajstić information content (AvgIpc) is 2.04. The van der Waals surface area contributed by atoms with E-state index in [1.165, 1.54) is 11.8 Å². The highest BCUT2D eigenvalue weighted by Gasteiger charge is 2.45. The molecule has 0 aliphatic carbocycles. The zero-order valence-electron chi connectivity index (χ0n) is 7.00. The summed E-state index contributed by atoms with van der Waals surface area (Å²) in [5, 5.41) is 9.32. The number of nitrogens with zero attached hydrogens (tertiary/aromatic N) is 1. The van der Waals surface area contributed by atoms with Gasteiger partial charge in [-0.25, -0.2) is 0 Å². The molecule has 0 saturated carbocycles. The van der Waals surface area contributed by atoms with Crippen LogP contribution in [0.15, 0.2) is 0 Å². The van der Waals surface area contributed by atoms with Gasteiger partial charge in [-0.1, -0.05) is 0 Å². The molecule has 1 rings (SSSR count). The van der Waals surface area contributed by atoms with Crippen LogP contribution in [0.25, 0.3) is 0 Å². The maximum absolute atomic E-state index is 11.2. The predicted octanol–water partition coefficient (Wildman–Crippen LogP) is -0.0804. The van der Waals surface area contributed by atoms with Gasteiger partial charge in [-0.05, 0) is 20.8 Å². The first kappa shape index (κ1) is 8.49. The van der Waals surface area contributed by atoms with Gasteiger partial charge in [-0.2, -0.15) is 0 Å². The highest BCUT2D eigenvalue weighted by molar-refractivity contribution is 5.84. The van der Waals surface area contributed by atoms with Crippen LogP contribution in [0.3, 0.4) is 0 Å². The Morgan fingerprint density at radius 1 is 1.82 bits per heavy atom. The van der Waals surface area contributed by atoms with E-state index in [0.717, 1.165) is 0 Å². The fraction of sp³-hybridized carbons (Fsp3) is 0.857. The lowest BCUT2D eigenvalue weighted by atomic mass is 10.3. The quantitative estimate of drug-likeness (QED) is 0.582. The molecule has 11 heavy (non-hydrogen) atoms. The molecule has 4 heteroatoms. The number of hydrogen-bond donors (Lipinski definition) is 1. The van der Waals surface area contributed by atoms with Crippen molar-refractivity contribution in [3.05, 3.63) is 0 Å². The fourth-order valence-electron chi connectivity index (χ4n) is 1.28. The molecule has 0 bridgehead atoms. The topological polar surface area (TPSA) is 49.8 Å². The van der Waals surface area contributed by atoms with Crippen LogP contribution >= 0.6 is 0 Å². The molecule has 1 aliphatic rings. The Labute approximate surface area is 65.8 Å². The average molecular weight is 159 g/mol. The molecule has 1 aliphatic heterocycles. The first-order valence-electron chi connectivity index (χ1n) is 3.70. The minimum absolute atomic E-state index is 0.317. The molecule has 0 aromatic heterocycles. The van der Waals surface area contributed by atoms with Crippen LogP contribution in [0.1, 0.15) is 20.8 Å². The van der Waals surface area contributed by atoms with Crippen LogP contribution < -0.4 is 0 Å². The lowest BCUT2D eigenvalue weighted by Gasteiger charge is -2.15. The van der Waals surface area contributed by atoms with Gasteiger partial charge in [0.2, 0.25) is 5.79 Å². The van der Waals surface area contributed by atoms with Crippen LogP contribution in [-0.2, 0) is 9.53 Å². The fourth-order valence-corrected chi connectivity index (χ4v) is 1.28. The molecule has 64 valence electrons. The zero-order valence-corrected chi connectivity index (χ0v) is 7.00. The van der Waals surface area contributed by atoms with E-state index in [1.807, 2.05) is 6.92 Å². The van der Waals surface area contributed by atoms with Crippen LogP contribution in [0.5, 0.6) is 0 Å². The lowest BCUT2D eigenvalue weighted by Crippen LogP contribution is -2.38. The second kappa shape index (κ2) is 2.46. The van der Waals surface area contributed by atoms with Crippen molar-refractivity contribution >= 4 is 5.91 Å². The Hall–Kier alpha value is -0.610. The SMILES string of the molecule is CCN1C(=O)[C@](C)(O)O[C@H]1C. The number of ether oxygens (including phenoxy) is 1. The van der Waals surface area contributed by atoms with E-state index in [-0.39, 0.29) is 12.1 Å². The van der Waals surface area contributed by atoms with Crippen molar-refractivity contribution in [1.29, 1.82) is 0 Å². The monoisotopic (exact) mass is 159 g/mol. The van der Waals surface area contributed by atoms with Gasteiger partial charge in [-0.15, -0.1) is 0 Å². The second-order valence-electron chi connectivity index (χ2n) is 2.79. The van der Waals surface area contributed by atoms with E-state index >= 15 is 0 Å². The van der Waals surface area contributed by atoms with Gasteiger partial charge in [0.05, 0.1) is 0 Å². The van der Waals surface area contributed by atoms with E-state index in [0.29, 0.717) is 6.54 Å². The normalized spacial score (nSPS) is 38.4. The molecule has 0 aromatic carbocycles. The molecule has 1 heterocycles. The van der Waals surface area contributed by atoms with Crippen molar-refractivity contribution in [1.82, 2.24) is 4.90 Å². The summed E-state index contributed by atoms with van der Waals surface area (Å²) >= 11 is 0. The minimum atomic E-state index is -1.62. The van der Waals surface area contributed by atoms with E-state index in [4.69, 9.17) is 4.74 Å². The number of carbonyl (C=O) groups is 1. The molecule has 0 aromatic rings. The summed E-state index contributed by atoms with van der Waals surface area (Å²) in [5.41, 5.74) is 0. The van der Waals surface area contributed by atoms with Crippen molar-refractivity contribution in [3.63, 3.8) is 0 Å². The highest BCUT2D eigenvalue weighted by Crippen LogP contribution is 2.23. The van der Waals surface area contributed by atoms with E-state index in [2.05, 4.69) is 0 Å². The number of likely N-dealkylation sites (N-methyl/N-ethyl adjacent to an activating group) is 1. The molecule has 0 unspecified atom stereocenters. The largest absolute Gasteiger partial charge is 0.358 e. The first-order chi connectivity index (χ1) is 4.99. The van der Waals surface area contributed by atoms with Gasteiger partial charge in [0.1, 0.15) is 6.23 Å². The number of amides is 1.